The number of nitrogens with zero attached hydrogens (tertiary/aromatic N) is 3. The number of aromatic hydroxyl groups is 1. The summed E-state index contributed by atoms with van der Waals surface area (Å²) < 4.78 is 10.9. The van der Waals surface area contributed by atoms with Gasteiger partial charge < -0.3 is 30.5 Å². The van der Waals surface area contributed by atoms with Crippen molar-refractivity contribution >= 4 is 35.1 Å². The third kappa shape index (κ3) is 10.00. The molecule has 1 aliphatic heterocycles. The van der Waals surface area contributed by atoms with Gasteiger partial charge in [0.25, 0.3) is 11.8 Å². The highest BCUT2D eigenvalue weighted by Gasteiger charge is 2.26. The quantitative estimate of drug-likeness (QED) is 0.147. The lowest BCUT2D eigenvalue weighted by Crippen LogP contribution is -2.49. The number of aryl methyl sites for hydroxylation is 3. The first-order chi connectivity index (χ1) is 21.3. The monoisotopic (exact) mass is 624 g/mol. The van der Waals surface area contributed by atoms with Gasteiger partial charge in [-0.1, -0.05) is 18.2 Å². The summed E-state index contributed by atoms with van der Waals surface area (Å²) in [6.45, 7) is 7.91. The lowest BCUT2D eigenvalue weighted by molar-refractivity contribution is -0.146. The van der Waals surface area contributed by atoms with Crippen molar-refractivity contribution in [3.8, 4) is 5.75 Å². The molecule has 13 heteroatoms. The van der Waals surface area contributed by atoms with Crippen LogP contribution >= 0.6 is 11.3 Å². The number of phenolic OH excluding ortho intramolecular Hbond substituents is 1. The molecule has 1 saturated heterocycles. The Hall–Kier alpha value is -4.07. The number of nitrogens with one attached hydrogen (secondary N) is 3. The molecular weight excluding hydrogens is 584 g/mol. The Morgan fingerprint density at radius 3 is 2.55 bits per heavy atom. The van der Waals surface area contributed by atoms with E-state index in [1.807, 2.05) is 12.1 Å². The molecule has 3 heterocycles. The van der Waals surface area contributed by atoms with E-state index in [0.29, 0.717) is 48.4 Å². The summed E-state index contributed by atoms with van der Waals surface area (Å²) in [6.07, 6.45) is 2.20. The van der Waals surface area contributed by atoms with Crippen LogP contribution in [0.4, 0.5) is 5.95 Å². The van der Waals surface area contributed by atoms with Crippen LogP contribution in [0.5, 0.6) is 5.75 Å². The third-order valence-electron chi connectivity index (χ3n) is 7.10. The predicted molar refractivity (Wildman–Crippen MR) is 167 cm³/mol. The Balaban J connectivity index is 1.34. The van der Waals surface area contributed by atoms with Crippen molar-refractivity contribution in [1.82, 2.24) is 25.5 Å². The van der Waals surface area contributed by atoms with Gasteiger partial charge in [-0.05, 0) is 62.3 Å². The second kappa shape index (κ2) is 16.7. The maximum atomic E-state index is 13.4. The van der Waals surface area contributed by atoms with Crippen LogP contribution in [0.1, 0.15) is 49.8 Å². The summed E-state index contributed by atoms with van der Waals surface area (Å²) in [5.74, 6) is -0.867. The molecule has 1 aromatic carbocycles. The SMILES string of the molecule is Cc1nc(NCCCc2cccc(O)c2)nc(C)c1C(=O)NC(CNC(=O)c1cccs1)C(=O)OCCCN1CCOCC1. The molecule has 0 bridgehead atoms. The number of amides is 2. The third-order valence-corrected chi connectivity index (χ3v) is 7.97. The van der Waals surface area contributed by atoms with Crippen LogP contribution in [0.3, 0.4) is 0 Å². The number of morpholine rings is 1. The Kier molecular flexibility index (Phi) is 12.5. The van der Waals surface area contributed by atoms with Gasteiger partial charge in [-0.15, -0.1) is 11.3 Å². The number of thiophene rings is 1. The highest BCUT2D eigenvalue weighted by molar-refractivity contribution is 7.12. The first-order valence-electron chi connectivity index (χ1n) is 14.8. The standard InChI is InChI=1S/C31H40N6O6S/c1-21-27(22(2)35-31(34-21)32-11-4-8-23-7-3-9-24(38)19-23)29(40)36-25(20-33-28(39)26-10-5-18-44-26)30(41)43-15-6-12-37-13-16-42-17-14-37/h3,5,7,9-10,18-19,25,38H,4,6,8,11-17,20H2,1-2H3,(H,33,39)(H,36,40)(H,32,34,35). The minimum atomic E-state index is -1.11. The molecule has 1 unspecified atom stereocenters. The van der Waals surface area contributed by atoms with E-state index >= 15 is 0 Å². The van der Waals surface area contributed by atoms with Crippen molar-refractivity contribution in [3.05, 3.63) is 69.2 Å². The van der Waals surface area contributed by atoms with Crippen LogP contribution in [0.15, 0.2) is 41.8 Å². The van der Waals surface area contributed by atoms with Gasteiger partial charge in [0, 0.05) is 32.7 Å². The van der Waals surface area contributed by atoms with Crippen LogP contribution in [-0.2, 0) is 20.7 Å². The van der Waals surface area contributed by atoms with Gasteiger partial charge in [-0.25, -0.2) is 14.8 Å². The van der Waals surface area contributed by atoms with E-state index in [1.54, 1.807) is 43.5 Å². The van der Waals surface area contributed by atoms with Gasteiger partial charge in [0.1, 0.15) is 11.8 Å². The second-order valence-corrected chi connectivity index (χ2v) is 11.4. The number of benzene rings is 1. The normalized spacial score (nSPS) is 14.0. The first kappa shape index (κ1) is 32.8. The first-order valence-corrected chi connectivity index (χ1v) is 15.6. The molecule has 2 amide bonds. The minimum Gasteiger partial charge on any atom is -0.508 e. The van der Waals surface area contributed by atoms with E-state index in [-0.39, 0.29) is 30.4 Å². The highest BCUT2D eigenvalue weighted by atomic mass is 32.1. The van der Waals surface area contributed by atoms with E-state index in [9.17, 15) is 19.5 Å². The number of aromatic nitrogens is 2. The molecule has 236 valence electrons. The summed E-state index contributed by atoms with van der Waals surface area (Å²) >= 11 is 1.28. The zero-order chi connectivity index (χ0) is 31.3. The van der Waals surface area contributed by atoms with E-state index in [4.69, 9.17) is 9.47 Å². The Morgan fingerprint density at radius 1 is 1.07 bits per heavy atom. The van der Waals surface area contributed by atoms with Crippen LogP contribution < -0.4 is 16.0 Å². The number of ether oxygens (including phenoxy) is 2. The summed E-state index contributed by atoms with van der Waals surface area (Å²) in [6, 6.07) is 9.49. The van der Waals surface area contributed by atoms with Crippen LogP contribution in [0, 0.1) is 13.8 Å². The summed E-state index contributed by atoms with van der Waals surface area (Å²) in [5, 5.41) is 20.1. The number of anilines is 1. The molecule has 12 nitrogen and oxygen atoms in total. The van der Waals surface area contributed by atoms with Gasteiger partial charge in [-0.3, -0.25) is 14.5 Å². The predicted octanol–water partition coefficient (Wildman–Crippen LogP) is 2.70. The minimum absolute atomic E-state index is 0.136. The van der Waals surface area contributed by atoms with E-state index in [1.165, 1.54) is 11.3 Å². The van der Waals surface area contributed by atoms with E-state index in [2.05, 4.69) is 30.8 Å². The van der Waals surface area contributed by atoms with Crippen LogP contribution in [0.2, 0.25) is 0 Å². The lowest BCUT2D eigenvalue weighted by atomic mass is 10.1. The maximum Gasteiger partial charge on any atom is 0.330 e. The fourth-order valence-electron chi connectivity index (χ4n) is 4.83. The summed E-state index contributed by atoms with van der Waals surface area (Å²) in [5.41, 5.74) is 2.19. The number of rotatable bonds is 15. The zero-order valence-corrected chi connectivity index (χ0v) is 26.0. The Labute approximate surface area is 261 Å². The fourth-order valence-corrected chi connectivity index (χ4v) is 5.47. The Morgan fingerprint density at radius 2 is 1.84 bits per heavy atom. The summed E-state index contributed by atoms with van der Waals surface area (Å²) in [7, 11) is 0. The number of carbonyl (C=O) groups is 3. The van der Waals surface area contributed by atoms with Crippen molar-refractivity contribution < 1.29 is 29.0 Å². The highest BCUT2D eigenvalue weighted by Crippen LogP contribution is 2.15. The van der Waals surface area contributed by atoms with E-state index in [0.717, 1.165) is 38.0 Å². The molecule has 44 heavy (non-hydrogen) atoms. The number of phenols is 1. The van der Waals surface area contributed by atoms with Gasteiger partial charge in [-0.2, -0.15) is 0 Å². The number of hydrogen-bond donors (Lipinski definition) is 4. The van der Waals surface area contributed by atoms with E-state index < -0.39 is 17.9 Å². The van der Waals surface area contributed by atoms with Crippen molar-refractivity contribution in [3.63, 3.8) is 0 Å². The molecule has 0 radical (unpaired) electrons. The van der Waals surface area contributed by atoms with Crippen molar-refractivity contribution in [2.45, 2.75) is 39.2 Å². The van der Waals surface area contributed by atoms with Crippen molar-refractivity contribution in [2.75, 3.05) is 57.9 Å². The summed E-state index contributed by atoms with van der Waals surface area (Å²) in [4.78, 5) is 50.7. The van der Waals surface area contributed by atoms with Crippen molar-refractivity contribution in [2.24, 2.45) is 0 Å². The molecule has 0 aliphatic carbocycles. The average Bonchev–Trinajstić information content (AvgIpc) is 3.55. The second-order valence-electron chi connectivity index (χ2n) is 10.5. The molecule has 2 aromatic heterocycles. The molecule has 3 aromatic rings. The van der Waals surface area contributed by atoms with Crippen LogP contribution in [0.25, 0.3) is 0 Å². The topological polar surface area (TPSA) is 155 Å². The molecule has 1 aliphatic rings. The number of hydrogen-bond acceptors (Lipinski definition) is 11. The van der Waals surface area contributed by atoms with Gasteiger partial charge >= 0.3 is 5.97 Å². The fraction of sp³-hybridized carbons (Fsp3) is 0.452. The number of carbonyl (C=O) groups excluding carboxylic acids is 3. The largest absolute Gasteiger partial charge is 0.508 e. The van der Waals surface area contributed by atoms with Crippen molar-refractivity contribution in [1.29, 1.82) is 0 Å². The molecule has 0 saturated carbocycles. The smallest absolute Gasteiger partial charge is 0.330 e. The molecule has 4 rings (SSSR count). The molecule has 4 N–H and O–H groups in total. The zero-order valence-electron chi connectivity index (χ0n) is 25.1. The van der Waals surface area contributed by atoms with Gasteiger partial charge in [0.15, 0.2) is 0 Å². The van der Waals surface area contributed by atoms with Gasteiger partial charge in [0.05, 0.1) is 41.6 Å². The van der Waals surface area contributed by atoms with Gasteiger partial charge in [0.2, 0.25) is 5.95 Å². The number of esters is 1. The molecular formula is C31H40N6O6S. The molecule has 1 fully saturated rings. The maximum absolute atomic E-state index is 13.4. The molecule has 0 spiro atoms. The Bertz CT molecular complexity index is 1370. The van der Waals surface area contributed by atoms with Crippen LogP contribution in [-0.4, -0.2) is 96.3 Å². The lowest BCUT2D eigenvalue weighted by Gasteiger charge is -2.26. The average molecular weight is 625 g/mol. The molecule has 1 atom stereocenters.